The van der Waals surface area contributed by atoms with E-state index in [2.05, 4.69) is 23.0 Å². The molecule has 0 aliphatic carbocycles. The van der Waals surface area contributed by atoms with Gasteiger partial charge in [0.25, 0.3) is 0 Å². The van der Waals surface area contributed by atoms with E-state index in [4.69, 9.17) is 0 Å². The van der Waals surface area contributed by atoms with Crippen molar-refractivity contribution in [2.45, 2.75) is 25.3 Å². The highest BCUT2D eigenvalue weighted by Gasteiger charge is 2.08. The maximum absolute atomic E-state index is 4.35. The molecule has 0 radical (unpaired) electrons. The predicted molar refractivity (Wildman–Crippen MR) is 53.3 cm³/mol. The van der Waals surface area contributed by atoms with Crippen LogP contribution in [0.3, 0.4) is 0 Å². The number of hydrogen-bond acceptors (Lipinski definition) is 3. The molecule has 0 amide bonds. The number of hydrogen-bond donors (Lipinski definition) is 2. The molecule has 3 nitrogen and oxygen atoms in total. The number of thiol groups is 1. The third-order valence-corrected chi connectivity index (χ3v) is 1.62. The molecule has 0 unspecified atom stereocenters. The quantitative estimate of drug-likeness (QED) is 0.544. The van der Waals surface area contributed by atoms with Gasteiger partial charge < -0.3 is 5.32 Å². The van der Waals surface area contributed by atoms with Gasteiger partial charge in [-0.25, -0.2) is 0 Å². The van der Waals surface area contributed by atoms with E-state index in [-0.39, 0.29) is 4.87 Å². The van der Waals surface area contributed by atoms with Crippen LogP contribution < -0.4 is 5.32 Å². The Hall–Kier alpha value is -0.480. The van der Waals surface area contributed by atoms with Crippen molar-refractivity contribution in [3.05, 3.63) is 18.5 Å². The summed E-state index contributed by atoms with van der Waals surface area (Å²) in [6, 6.07) is 1.92. The van der Waals surface area contributed by atoms with Gasteiger partial charge in [0.15, 0.2) is 0 Å². The number of rotatable bonds is 4. The van der Waals surface area contributed by atoms with Crippen LogP contribution in [0, 0.1) is 0 Å². The Morgan fingerprint density at radius 3 is 2.83 bits per heavy atom. The molecule has 1 aromatic heterocycles. The van der Waals surface area contributed by atoms with E-state index < -0.39 is 0 Å². The number of nitrogens with one attached hydrogen (secondary N) is 1. The zero-order chi connectivity index (χ0) is 9.03. The Morgan fingerprint density at radius 1 is 1.58 bits per heavy atom. The molecule has 12 heavy (non-hydrogen) atoms. The summed E-state index contributed by atoms with van der Waals surface area (Å²) < 4.78 is 1.90. The molecule has 0 fully saturated rings. The van der Waals surface area contributed by atoms with Gasteiger partial charge in [0.2, 0.25) is 0 Å². The molecule has 0 bridgehead atoms. The molecule has 0 spiro atoms. The van der Waals surface area contributed by atoms with Crippen LogP contribution in [-0.4, -0.2) is 21.2 Å². The van der Waals surface area contributed by atoms with E-state index in [1.807, 2.05) is 30.8 Å². The molecular weight excluding hydrogens is 170 g/mol. The Balaban J connectivity index is 2.20. The molecule has 1 rings (SSSR count). The third kappa shape index (κ3) is 3.78. The van der Waals surface area contributed by atoms with Gasteiger partial charge in [-0.15, -0.1) is 0 Å². The molecule has 0 aliphatic rings. The van der Waals surface area contributed by atoms with Gasteiger partial charge in [-0.3, -0.25) is 4.68 Å². The lowest BCUT2D eigenvalue weighted by molar-refractivity contribution is 0.491. The van der Waals surface area contributed by atoms with Crippen molar-refractivity contribution in [2.75, 3.05) is 6.54 Å². The summed E-state index contributed by atoms with van der Waals surface area (Å²) >= 11 is 4.35. The van der Waals surface area contributed by atoms with E-state index in [0.717, 1.165) is 13.1 Å². The summed E-state index contributed by atoms with van der Waals surface area (Å²) in [7, 11) is 0. The van der Waals surface area contributed by atoms with Crippen LogP contribution in [0.15, 0.2) is 18.5 Å². The minimum Gasteiger partial charge on any atom is -0.302 e. The van der Waals surface area contributed by atoms with Gasteiger partial charge in [-0.05, 0) is 19.9 Å². The summed E-state index contributed by atoms with van der Waals surface area (Å²) in [6.07, 6.45) is 3.74. The van der Waals surface area contributed by atoms with Crippen LogP contribution in [0.5, 0.6) is 0 Å². The molecule has 68 valence electrons. The van der Waals surface area contributed by atoms with E-state index in [0.29, 0.717) is 0 Å². The monoisotopic (exact) mass is 185 g/mol. The van der Waals surface area contributed by atoms with E-state index in [1.54, 1.807) is 6.20 Å². The van der Waals surface area contributed by atoms with Crippen LogP contribution in [0.2, 0.25) is 0 Å². The average molecular weight is 185 g/mol. The number of aromatic nitrogens is 2. The zero-order valence-electron chi connectivity index (χ0n) is 7.49. The Labute approximate surface area is 78.6 Å². The summed E-state index contributed by atoms with van der Waals surface area (Å²) in [5, 5.41) is 7.35. The second-order valence-corrected chi connectivity index (χ2v) is 4.37. The van der Waals surface area contributed by atoms with E-state index >= 15 is 0 Å². The standard InChI is InChI=1S/C8H15N3S/c1-8(2,12)9-5-7-11-6-3-4-10-11/h3-4,6,9,12H,5,7H2,1-2H3. The Bertz CT molecular complexity index is 213. The predicted octanol–water partition coefficient (Wildman–Crippen LogP) is 1.14. The van der Waals surface area contributed by atoms with Crippen molar-refractivity contribution in [1.82, 2.24) is 15.1 Å². The maximum Gasteiger partial charge on any atom is 0.0559 e. The zero-order valence-corrected chi connectivity index (χ0v) is 8.38. The largest absolute Gasteiger partial charge is 0.302 e. The first kappa shape index (κ1) is 9.61. The van der Waals surface area contributed by atoms with Crippen molar-refractivity contribution in [3.63, 3.8) is 0 Å². The summed E-state index contributed by atoms with van der Waals surface area (Å²) in [5.41, 5.74) is 0. The molecule has 0 saturated heterocycles. The lowest BCUT2D eigenvalue weighted by atomic mass is 10.4. The molecule has 1 aromatic rings. The van der Waals surface area contributed by atoms with E-state index in [1.165, 1.54) is 0 Å². The van der Waals surface area contributed by atoms with Crippen LogP contribution >= 0.6 is 12.6 Å². The lowest BCUT2D eigenvalue weighted by Gasteiger charge is -2.19. The normalized spacial score (nSPS) is 11.9. The smallest absolute Gasteiger partial charge is 0.0559 e. The Morgan fingerprint density at radius 2 is 2.33 bits per heavy atom. The minimum absolute atomic E-state index is 0.104. The van der Waals surface area contributed by atoms with Crippen LogP contribution in [0.25, 0.3) is 0 Å². The molecule has 0 saturated carbocycles. The molecule has 1 N–H and O–H groups in total. The molecule has 0 atom stereocenters. The van der Waals surface area contributed by atoms with Crippen molar-refractivity contribution in [1.29, 1.82) is 0 Å². The fourth-order valence-electron chi connectivity index (χ4n) is 0.909. The molecule has 0 aromatic carbocycles. The van der Waals surface area contributed by atoms with Crippen LogP contribution in [-0.2, 0) is 6.54 Å². The van der Waals surface area contributed by atoms with E-state index in [9.17, 15) is 0 Å². The van der Waals surface area contributed by atoms with Gasteiger partial charge in [-0.2, -0.15) is 17.7 Å². The SMILES string of the molecule is CC(C)(S)NCCn1cccn1. The van der Waals surface area contributed by atoms with Crippen LogP contribution in [0.1, 0.15) is 13.8 Å². The first-order chi connectivity index (χ1) is 5.58. The molecule has 1 heterocycles. The van der Waals surface area contributed by atoms with Gasteiger partial charge in [0, 0.05) is 18.9 Å². The second-order valence-electron chi connectivity index (χ2n) is 3.25. The summed E-state index contributed by atoms with van der Waals surface area (Å²) in [6.45, 7) is 5.83. The van der Waals surface area contributed by atoms with Gasteiger partial charge in [0.05, 0.1) is 11.4 Å². The highest BCUT2D eigenvalue weighted by atomic mass is 32.1. The molecular formula is C8H15N3S. The first-order valence-corrected chi connectivity index (χ1v) is 4.47. The van der Waals surface area contributed by atoms with Crippen molar-refractivity contribution < 1.29 is 0 Å². The second kappa shape index (κ2) is 3.96. The highest BCUT2D eigenvalue weighted by molar-refractivity contribution is 7.81. The van der Waals surface area contributed by atoms with Gasteiger partial charge >= 0.3 is 0 Å². The number of nitrogens with zero attached hydrogens (tertiary/aromatic N) is 2. The van der Waals surface area contributed by atoms with Crippen molar-refractivity contribution >= 4 is 12.6 Å². The van der Waals surface area contributed by atoms with Gasteiger partial charge in [-0.1, -0.05) is 0 Å². The summed E-state index contributed by atoms with van der Waals surface area (Å²) in [5.74, 6) is 0. The fourth-order valence-corrected chi connectivity index (χ4v) is 1.02. The Kier molecular flexibility index (Phi) is 3.17. The fraction of sp³-hybridized carbons (Fsp3) is 0.625. The summed E-state index contributed by atoms with van der Waals surface area (Å²) in [4.78, 5) is -0.104. The maximum atomic E-state index is 4.35. The van der Waals surface area contributed by atoms with Crippen molar-refractivity contribution in [2.24, 2.45) is 0 Å². The lowest BCUT2D eigenvalue weighted by Crippen LogP contribution is -2.35. The van der Waals surface area contributed by atoms with Crippen molar-refractivity contribution in [3.8, 4) is 0 Å². The highest BCUT2D eigenvalue weighted by Crippen LogP contribution is 2.05. The average Bonchev–Trinajstić information content (AvgIpc) is 2.36. The first-order valence-electron chi connectivity index (χ1n) is 4.03. The molecule has 0 aliphatic heterocycles. The third-order valence-electron chi connectivity index (χ3n) is 1.46. The minimum atomic E-state index is -0.104. The topological polar surface area (TPSA) is 29.9 Å². The van der Waals surface area contributed by atoms with Crippen LogP contribution in [0.4, 0.5) is 0 Å². The van der Waals surface area contributed by atoms with Gasteiger partial charge in [0.1, 0.15) is 0 Å². The molecule has 4 heteroatoms.